The molecule has 1 aromatic rings. The van der Waals surface area contributed by atoms with Gasteiger partial charge in [-0.3, -0.25) is 14.3 Å². The maximum absolute atomic E-state index is 12.4. The van der Waals surface area contributed by atoms with Crippen LogP contribution in [0.15, 0.2) is 21.9 Å². The van der Waals surface area contributed by atoms with Crippen molar-refractivity contribution in [2.75, 3.05) is 13.2 Å². The van der Waals surface area contributed by atoms with Crippen molar-refractivity contribution in [1.29, 1.82) is 0 Å². The Labute approximate surface area is 193 Å². The predicted octanol–water partition coefficient (Wildman–Crippen LogP) is 3.60. The van der Waals surface area contributed by atoms with Crippen molar-refractivity contribution in [2.45, 2.75) is 102 Å². The fourth-order valence-electron chi connectivity index (χ4n) is 3.14. The lowest BCUT2D eigenvalue weighted by Gasteiger charge is -2.44. The van der Waals surface area contributed by atoms with E-state index in [9.17, 15) is 14.7 Å². The Morgan fingerprint density at radius 1 is 1.12 bits per heavy atom. The van der Waals surface area contributed by atoms with Crippen LogP contribution < -0.4 is 11.2 Å². The highest BCUT2D eigenvalue weighted by molar-refractivity contribution is 6.74. The van der Waals surface area contributed by atoms with Gasteiger partial charge in [-0.25, -0.2) is 4.79 Å². The van der Waals surface area contributed by atoms with Crippen molar-refractivity contribution in [3.63, 3.8) is 0 Å². The first-order valence-corrected chi connectivity index (χ1v) is 17.1. The monoisotopic (exact) mass is 486 g/mol. The lowest BCUT2D eigenvalue weighted by molar-refractivity contribution is -0.145. The van der Waals surface area contributed by atoms with E-state index in [0.29, 0.717) is 6.42 Å². The third-order valence-electron chi connectivity index (χ3n) is 7.53. The first-order valence-electron chi connectivity index (χ1n) is 11.3. The van der Waals surface area contributed by atoms with Crippen molar-refractivity contribution in [3.05, 3.63) is 33.1 Å². The summed E-state index contributed by atoms with van der Waals surface area (Å²) in [5.41, 5.74) is -2.12. The minimum absolute atomic E-state index is 0.00666. The number of hydrogen-bond donors (Lipinski definition) is 2. The molecule has 2 heterocycles. The Balaban J connectivity index is 2.45. The van der Waals surface area contributed by atoms with Gasteiger partial charge in [-0.05, 0) is 36.3 Å². The second-order valence-electron chi connectivity index (χ2n) is 12.0. The smallest absolute Gasteiger partial charge is 0.330 e. The summed E-state index contributed by atoms with van der Waals surface area (Å²) >= 11 is 0. The molecule has 0 amide bonds. The summed E-state index contributed by atoms with van der Waals surface area (Å²) in [6, 6.07) is 1.29. The topological polar surface area (TPSA) is 103 Å². The molecule has 1 saturated heterocycles. The second kappa shape index (κ2) is 8.96. The first kappa shape index (κ1) is 27.2. The number of nitrogens with one attached hydrogen (secondary N) is 1. The normalized spacial score (nSPS) is 25.3. The van der Waals surface area contributed by atoms with Crippen LogP contribution in [0.25, 0.3) is 0 Å². The van der Waals surface area contributed by atoms with E-state index in [1.54, 1.807) is 0 Å². The molecule has 0 saturated carbocycles. The molecule has 184 valence electrons. The molecule has 1 aliphatic rings. The van der Waals surface area contributed by atoms with E-state index in [4.69, 9.17) is 13.6 Å². The molecule has 1 fully saturated rings. The highest BCUT2D eigenvalue weighted by Crippen LogP contribution is 2.45. The van der Waals surface area contributed by atoms with Gasteiger partial charge in [0.1, 0.15) is 11.8 Å². The van der Waals surface area contributed by atoms with Gasteiger partial charge < -0.3 is 18.7 Å². The Morgan fingerprint density at radius 3 is 2.16 bits per heavy atom. The molecule has 0 aliphatic carbocycles. The summed E-state index contributed by atoms with van der Waals surface area (Å²) in [5, 5.41) is 10.5. The van der Waals surface area contributed by atoms with Crippen LogP contribution in [-0.2, 0) is 13.6 Å². The van der Waals surface area contributed by atoms with E-state index < -0.39 is 45.8 Å². The molecule has 0 bridgehead atoms. The molecule has 3 atom stereocenters. The molecule has 1 aliphatic heterocycles. The summed E-state index contributed by atoms with van der Waals surface area (Å²) in [6.45, 7) is 21.5. The number of rotatable bonds is 7. The van der Waals surface area contributed by atoms with E-state index >= 15 is 0 Å². The molecular formula is C22H42N2O6Si2. The lowest BCUT2D eigenvalue weighted by Crippen LogP contribution is -2.56. The highest BCUT2D eigenvalue weighted by atomic mass is 28.4. The molecule has 2 rings (SSSR count). The molecular weight excluding hydrogens is 444 g/mol. The predicted molar refractivity (Wildman–Crippen MR) is 131 cm³/mol. The van der Waals surface area contributed by atoms with Crippen molar-refractivity contribution in [1.82, 2.24) is 9.55 Å². The number of aliphatic hydroxyl groups excluding tert-OH is 1. The van der Waals surface area contributed by atoms with Crippen molar-refractivity contribution < 1.29 is 18.7 Å². The maximum atomic E-state index is 12.4. The molecule has 0 radical (unpaired) electrons. The molecule has 32 heavy (non-hydrogen) atoms. The lowest BCUT2D eigenvalue weighted by atomic mass is 9.99. The Kier molecular flexibility index (Phi) is 7.61. The van der Waals surface area contributed by atoms with Gasteiger partial charge in [-0.2, -0.15) is 0 Å². The number of hydrogen-bond acceptors (Lipinski definition) is 6. The number of H-pyrrole nitrogens is 1. The van der Waals surface area contributed by atoms with E-state index in [0.717, 1.165) is 0 Å². The van der Waals surface area contributed by atoms with Gasteiger partial charge in [0.25, 0.3) is 5.56 Å². The zero-order valence-corrected chi connectivity index (χ0v) is 23.4. The van der Waals surface area contributed by atoms with Crippen LogP contribution >= 0.6 is 0 Å². The SMILES string of the molecule is CC(C)(C)[Si](C)(C)OC[C@@]1(CO)O[C@@H](n2ccc(=O)[nH]c2=O)CC1O[Si](C)(C)C(C)(C)C. The summed E-state index contributed by atoms with van der Waals surface area (Å²) < 4.78 is 20.9. The van der Waals surface area contributed by atoms with Gasteiger partial charge in [0.15, 0.2) is 16.6 Å². The first-order chi connectivity index (χ1) is 14.4. The van der Waals surface area contributed by atoms with Crippen LogP contribution in [0.2, 0.25) is 36.3 Å². The molecule has 1 unspecified atom stereocenters. The van der Waals surface area contributed by atoms with Gasteiger partial charge in [-0.1, -0.05) is 41.5 Å². The summed E-state index contributed by atoms with van der Waals surface area (Å²) in [5.74, 6) is 0. The number of aliphatic hydroxyl groups is 1. The molecule has 0 spiro atoms. The zero-order chi connectivity index (χ0) is 24.8. The average molecular weight is 487 g/mol. The third-order valence-corrected chi connectivity index (χ3v) is 16.5. The Bertz CT molecular complexity index is 912. The molecule has 10 heteroatoms. The molecule has 0 aromatic carbocycles. The van der Waals surface area contributed by atoms with E-state index in [1.807, 2.05) is 0 Å². The molecule has 2 N–H and O–H groups in total. The van der Waals surface area contributed by atoms with E-state index in [1.165, 1.54) is 16.8 Å². The van der Waals surface area contributed by atoms with Crippen molar-refractivity contribution in [2.24, 2.45) is 0 Å². The third kappa shape index (κ3) is 5.53. The van der Waals surface area contributed by atoms with Crippen LogP contribution in [0.3, 0.4) is 0 Å². The quantitative estimate of drug-likeness (QED) is 0.571. The van der Waals surface area contributed by atoms with Gasteiger partial charge in [-0.15, -0.1) is 0 Å². The summed E-state index contributed by atoms with van der Waals surface area (Å²) in [4.78, 5) is 26.2. The maximum Gasteiger partial charge on any atom is 0.330 e. The number of aromatic amines is 1. The number of ether oxygens (including phenoxy) is 1. The molecule has 8 nitrogen and oxygen atoms in total. The number of nitrogens with zero attached hydrogens (tertiary/aromatic N) is 1. The van der Waals surface area contributed by atoms with Gasteiger partial charge >= 0.3 is 5.69 Å². The summed E-state index contributed by atoms with van der Waals surface area (Å²) in [7, 11) is -4.35. The van der Waals surface area contributed by atoms with Crippen LogP contribution in [0, 0.1) is 0 Å². The number of aromatic nitrogens is 2. The van der Waals surface area contributed by atoms with Crippen LogP contribution in [-0.4, -0.2) is 56.2 Å². The minimum atomic E-state index is -2.22. The fraction of sp³-hybridized carbons (Fsp3) is 0.818. The van der Waals surface area contributed by atoms with Crippen molar-refractivity contribution >= 4 is 16.6 Å². The summed E-state index contributed by atoms with van der Waals surface area (Å²) in [6.07, 6.45) is 0.670. The van der Waals surface area contributed by atoms with Crippen LogP contribution in [0.1, 0.15) is 54.2 Å². The van der Waals surface area contributed by atoms with Crippen LogP contribution in [0.4, 0.5) is 0 Å². The van der Waals surface area contributed by atoms with E-state index in [2.05, 4.69) is 72.7 Å². The van der Waals surface area contributed by atoms with Gasteiger partial charge in [0, 0.05) is 18.7 Å². The molecule has 1 aromatic heterocycles. The van der Waals surface area contributed by atoms with Crippen molar-refractivity contribution in [3.8, 4) is 0 Å². The van der Waals surface area contributed by atoms with E-state index in [-0.39, 0.29) is 23.3 Å². The Hall–Kier alpha value is -1.05. The largest absolute Gasteiger partial charge is 0.414 e. The second-order valence-corrected chi connectivity index (χ2v) is 21.5. The minimum Gasteiger partial charge on any atom is -0.414 e. The fourth-order valence-corrected chi connectivity index (χ4v) is 5.55. The van der Waals surface area contributed by atoms with Gasteiger partial charge in [0.05, 0.1) is 19.3 Å². The highest BCUT2D eigenvalue weighted by Gasteiger charge is 2.55. The zero-order valence-electron chi connectivity index (χ0n) is 21.4. The van der Waals surface area contributed by atoms with Crippen LogP contribution in [0.5, 0.6) is 0 Å². The standard InChI is InChI=1S/C22H42N2O6Si2/c1-20(2,3)31(7,8)28-15-22(14-25)16(30-32(9,10)21(4,5)6)13-18(29-22)24-12-11-17(26)23-19(24)27/h11-12,16,18,25H,13-15H2,1-10H3,(H,23,26,27)/t16?,18-,22-/m1/s1. The average Bonchev–Trinajstić information content (AvgIpc) is 2.96. The van der Waals surface area contributed by atoms with Gasteiger partial charge in [0.2, 0.25) is 0 Å². The Morgan fingerprint density at radius 2 is 1.69 bits per heavy atom.